The summed E-state index contributed by atoms with van der Waals surface area (Å²) in [5.41, 5.74) is 2.10. The Bertz CT molecular complexity index is 730. The van der Waals surface area contributed by atoms with Gasteiger partial charge in [-0.15, -0.1) is 0 Å². The van der Waals surface area contributed by atoms with Crippen LogP contribution in [0.1, 0.15) is 34.3 Å². The van der Waals surface area contributed by atoms with E-state index in [0.29, 0.717) is 18.5 Å². The fourth-order valence-corrected chi connectivity index (χ4v) is 2.96. The number of hydrogen-bond acceptors (Lipinski definition) is 5. The molecule has 1 aromatic rings. The van der Waals surface area contributed by atoms with E-state index in [1.54, 1.807) is 6.07 Å². The molecule has 2 aliphatic rings. The van der Waals surface area contributed by atoms with Crippen LogP contribution in [0.15, 0.2) is 18.2 Å². The molecule has 0 radical (unpaired) electrons. The third kappa shape index (κ3) is 2.94. The standard InChI is InChI=1S/C16H17N3O5/c1-24-16(23)17-7-9-2-3-10-8-19(15(22)11(10)6-9)12-4-5-13(20)18-14(12)21/h2-3,6,12H,4-5,7-8H2,1H3,(H,17,23)(H,18,20,21). The SMILES string of the molecule is COC(=O)NCc1ccc2c(c1)C(=O)N(C1CCC(=O)NC1=O)C2. The maximum absolute atomic E-state index is 12.6. The Kier molecular flexibility index (Phi) is 4.20. The van der Waals surface area contributed by atoms with Crippen molar-refractivity contribution in [2.45, 2.75) is 32.0 Å². The Balaban J connectivity index is 1.74. The van der Waals surface area contributed by atoms with Crippen LogP contribution in [0.3, 0.4) is 0 Å². The van der Waals surface area contributed by atoms with Crippen LogP contribution in [0, 0.1) is 0 Å². The van der Waals surface area contributed by atoms with E-state index >= 15 is 0 Å². The molecule has 1 saturated heterocycles. The first-order valence-corrected chi connectivity index (χ1v) is 7.58. The normalized spacial score (nSPS) is 19.8. The average Bonchev–Trinajstić information content (AvgIpc) is 2.89. The van der Waals surface area contributed by atoms with Gasteiger partial charge in [0.25, 0.3) is 5.91 Å². The third-order valence-electron chi connectivity index (χ3n) is 4.21. The second-order valence-corrected chi connectivity index (χ2v) is 5.74. The van der Waals surface area contributed by atoms with Crippen LogP contribution in [0.2, 0.25) is 0 Å². The van der Waals surface area contributed by atoms with Gasteiger partial charge in [0.15, 0.2) is 0 Å². The number of nitrogens with zero attached hydrogens (tertiary/aromatic N) is 1. The molecule has 0 spiro atoms. The van der Waals surface area contributed by atoms with E-state index in [9.17, 15) is 19.2 Å². The largest absolute Gasteiger partial charge is 0.453 e. The number of benzene rings is 1. The van der Waals surface area contributed by atoms with Crippen molar-refractivity contribution in [3.05, 3.63) is 34.9 Å². The molecule has 0 bridgehead atoms. The maximum Gasteiger partial charge on any atom is 0.407 e. The first kappa shape index (κ1) is 16.0. The summed E-state index contributed by atoms with van der Waals surface area (Å²) >= 11 is 0. The lowest BCUT2D eigenvalue weighted by Gasteiger charge is -2.29. The maximum atomic E-state index is 12.6. The predicted molar refractivity (Wildman–Crippen MR) is 81.7 cm³/mol. The molecule has 0 aliphatic carbocycles. The first-order valence-electron chi connectivity index (χ1n) is 7.58. The zero-order chi connectivity index (χ0) is 17.3. The van der Waals surface area contributed by atoms with Gasteiger partial charge in [-0.2, -0.15) is 0 Å². The molecule has 1 aromatic carbocycles. The molecule has 24 heavy (non-hydrogen) atoms. The fourth-order valence-electron chi connectivity index (χ4n) is 2.96. The number of ether oxygens (including phenoxy) is 1. The van der Waals surface area contributed by atoms with Gasteiger partial charge in [0, 0.05) is 25.1 Å². The lowest BCUT2D eigenvalue weighted by atomic mass is 10.0. The van der Waals surface area contributed by atoms with E-state index in [4.69, 9.17) is 0 Å². The van der Waals surface area contributed by atoms with E-state index in [0.717, 1.165) is 11.1 Å². The van der Waals surface area contributed by atoms with Crippen molar-refractivity contribution >= 4 is 23.8 Å². The second kappa shape index (κ2) is 6.31. The van der Waals surface area contributed by atoms with Crippen LogP contribution < -0.4 is 10.6 Å². The number of amides is 4. The summed E-state index contributed by atoms with van der Waals surface area (Å²) in [7, 11) is 1.28. The van der Waals surface area contributed by atoms with Crippen LogP contribution in [0.4, 0.5) is 4.79 Å². The molecule has 1 unspecified atom stereocenters. The van der Waals surface area contributed by atoms with Gasteiger partial charge in [0.05, 0.1) is 7.11 Å². The Morgan fingerprint density at radius 1 is 1.38 bits per heavy atom. The highest BCUT2D eigenvalue weighted by Gasteiger charge is 2.39. The van der Waals surface area contributed by atoms with Crippen molar-refractivity contribution in [2.24, 2.45) is 0 Å². The average molecular weight is 331 g/mol. The fraction of sp³-hybridized carbons (Fsp3) is 0.375. The molecule has 0 aromatic heterocycles. The number of methoxy groups -OCH3 is 1. The minimum absolute atomic E-state index is 0.227. The van der Waals surface area contributed by atoms with Gasteiger partial charge in [-0.1, -0.05) is 12.1 Å². The molecule has 0 saturated carbocycles. The highest BCUT2D eigenvalue weighted by molar-refractivity contribution is 6.05. The van der Waals surface area contributed by atoms with Gasteiger partial charge in [0.1, 0.15) is 6.04 Å². The molecular weight excluding hydrogens is 314 g/mol. The Morgan fingerprint density at radius 3 is 2.88 bits per heavy atom. The number of rotatable bonds is 3. The quantitative estimate of drug-likeness (QED) is 0.775. The number of carbonyl (C=O) groups is 4. The number of hydrogen-bond donors (Lipinski definition) is 2. The number of nitrogens with one attached hydrogen (secondary N) is 2. The molecule has 2 heterocycles. The van der Waals surface area contributed by atoms with Crippen molar-refractivity contribution in [2.75, 3.05) is 7.11 Å². The van der Waals surface area contributed by atoms with Gasteiger partial charge in [-0.3, -0.25) is 19.7 Å². The molecule has 4 amide bonds. The highest BCUT2D eigenvalue weighted by atomic mass is 16.5. The molecule has 1 atom stereocenters. The second-order valence-electron chi connectivity index (χ2n) is 5.74. The third-order valence-corrected chi connectivity index (χ3v) is 4.21. The number of imide groups is 1. The van der Waals surface area contributed by atoms with Crippen molar-refractivity contribution in [3.63, 3.8) is 0 Å². The number of piperidine rings is 1. The summed E-state index contributed by atoms with van der Waals surface area (Å²) in [6.45, 7) is 0.580. The molecule has 126 valence electrons. The minimum atomic E-state index is -0.626. The first-order chi connectivity index (χ1) is 11.5. The van der Waals surface area contributed by atoms with Crippen molar-refractivity contribution in [1.29, 1.82) is 0 Å². The van der Waals surface area contributed by atoms with Crippen LogP contribution in [0.5, 0.6) is 0 Å². The summed E-state index contributed by atoms with van der Waals surface area (Å²) in [6.07, 6.45) is 0.0124. The van der Waals surface area contributed by atoms with Crippen molar-refractivity contribution in [1.82, 2.24) is 15.5 Å². The molecule has 2 aliphatic heterocycles. The van der Waals surface area contributed by atoms with Crippen molar-refractivity contribution in [3.8, 4) is 0 Å². The Hall–Kier alpha value is -2.90. The van der Waals surface area contributed by atoms with Crippen molar-refractivity contribution < 1.29 is 23.9 Å². The van der Waals surface area contributed by atoms with E-state index in [1.807, 2.05) is 12.1 Å². The van der Waals surface area contributed by atoms with Crippen LogP contribution in [0.25, 0.3) is 0 Å². The smallest absolute Gasteiger partial charge is 0.407 e. The number of alkyl carbamates (subject to hydrolysis) is 1. The number of carbonyl (C=O) groups excluding carboxylic acids is 4. The molecule has 3 rings (SSSR count). The van der Waals surface area contributed by atoms with Gasteiger partial charge < -0.3 is 15.0 Å². The summed E-state index contributed by atoms with van der Waals surface area (Å²) in [6, 6.07) is 4.71. The van der Waals surface area contributed by atoms with E-state index < -0.39 is 18.0 Å². The van der Waals surface area contributed by atoms with Gasteiger partial charge in [-0.05, 0) is 23.6 Å². The van der Waals surface area contributed by atoms with Crippen LogP contribution in [-0.2, 0) is 27.4 Å². The monoisotopic (exact) mass is 331 g/mol. The van der Waals surface area contributed by atoms with Gasteiger partial charge >= 0.3 is 6.09 Å². The van der Waals surface area contributed by atoms with Gasteiger partial charge in [-0.25, -0.2) is 4.79 Å². The van der Waals surface area contributed by atoms with Crippen LogP contribution >= 0.6 is 0 Å². The summed E-state index contributed by atoms with van der Waals surface area (Å²) < 4.78 is 4.51. The highest BCUT2D eigenvalue weighted by Crippen LogP contribution is 2.28. The lowest BCUT2D eigenvalue weighted by Crippen LogP contribution is -2.52. The molecular formula is C16H17N3O5. The summed E-state index contributed by atoms with van der Waals surface area (Å²) in [5.74, 6) is -0.976. The van der Waals surface area contributed by atoms with E-state index in [1.165, 1.54) is 12.0 Å². The Morgan fingerprint density at radius 2 is 2.17 bits per heavy atom. The zero-order valence-electron chi connectivity index (χ0n) is 13.1. The molecule has 2 N–H and O–H groups in total. The molecule has 8 nitrogen and oxygen atoms in total. The van der Waals surface area contributed by atoms with Crippen LogP contribution in [-0.4, -0.2) is 41.9 Å². The lowest BCUT2D eigenvalue weighted by molar-refractivity contribution is -0.136. The minimum Gasteiger partial charge on any atom is -0.453 e. The molecule has 1 fully saturated rings. The number of fused-ring (bicyclic) bond motifs is 1. The zero-order valence-corrected chi connectivity index (χ0v) is 13.1. The van der Waals surface area contributed by atoms with Gasteiger partial charge in [0.2, 0.25) is 11.8 Å². The predicted octanol–water partition coefficient (Wildman–Crippen LogP) is 0.304. The topological polar surface area (TPSA) is 105 Å². The molecule has 8 heteroatoms. The van der Waals surface area contributed by atoms with E-state index in [2.05, 4.69) is 15.4 Å². The summed E-state index contributed by atoms with van der Waals surface area (Å²) in [5, 5.41) is 4.82. The Labute approximate surface area is 138 Å². The van der Waals surface area contributed by atoms with E-state index in [-0.39, 0.29) is 24.8 Å². The summed E-state index contributed by atoms with van der Waals surface area (Å²) in [4.78, 5) is 48.5.